The van der Waals surface area contributed by atoms with Crippen LogP contribution in [0.5, 0.6) is 0 Å². The van der Waals surface area contributed by atoms with Gasteiger partial charge in [0.05, 0.1) is 6.04 Å². The summed E-state index contributed by atoms with van der Waals surface area (Å²) >= 11 is 4.69. The van der Waals surface area contributed by atoms with Gasteiger partial charge in [-0.15, -0.1) is 11.3 Å². The second kappa shape index (κ2) is 8.29. The summed E-state index contributed by atoms with van der Waals surface area (Å²) in [5.74, 6) is -1.43. The van der Waals surface area contributed by atoms with Crippen LogP contribution in [0.25, 0.3) is 0 Å². The Bertz CT molecular complexity index is 894. The lowest BCUT2D eigenvalue weighted by molar-refractivity contribution is -0.124. The highest BCUT2D eigenvalue weighted by Gasteiger charge is 2.19. The molecule has 2 aromatic heterocycles. The summed E-state index contributed by atoms with van der Waals surface area (Å²) in [4.78, 5) is 27.8. The molecular formula is C18H14BrFN2O3S. The Morgan fingerprint density at radius 1 is 1.27 bits per heavy atom. The molecule has 0 aliphatic rings. The molecule has 3 rings (SSSR count). The van der Waals surface area contributed by atoms with Gasteiger partial charge in [0.15, 0.2) is 6.61 Å². The maximum atomic E-state index is 13.2. The van der Waals surface area contributed by atoms with Crippen LogP contribution in [0.4, 0.5) is 4.39 Å². The standard InChI is InChI=1S/C18H14BrFN2O3S/c19-12-8-14(21-9-12)18(24)25-10-16(23)22-17(15-2-1-7-26-15)11-3-5-13(20)6-4-11/h1-9,17,21H,10H2,(H,22,23). The van der Waals surface area contributed by atoms with Gasteiger partial charge < -0.3 is 15.0 Å². The van der Waals surface area contributed by atoms with E-state index in [2.05, 4.69) is 26.2 Å². The van der Waals surface area contributed by atoms with Crippen LogP contribution in [-0.2, 0) is 9.53 Å². The topological polar surface area (TPSA) is 71.2 Å². The van der Waals surface area contributed by atoms with Gasteiger partial charge >= 0.3 is 5.97 Å². The molecule has 0 spiro atoms. The number of carbonyl (C=O) groups is 2. The number of thiophene rings is 1. The lowest BCUT2D eigenvalue weighted by Gasteiger charge is -2.18. The number of nitrogens with one attached hydrogen (secondary N) is 2. The van der Waals surface area contributed by atoms with Crippen molar-refractivity contribution in [1.29, 1.82) is 0 Å². The number of amides is 1. The second-order valence-corrected chi connectivity index (χ2v) is 7.27. The van der Waals surface area contributed by atoms with Crippen LogP contribution >= 0.6 is 27.3 Å². The number of halogens is 2. The van der Waals surface area contributed by atoms with E-state index >= 15 is 0 Å². The molecular weight excluding hydrogens is 423 g/mol. The molecule has 26 heavy (non-hydrogen) atoms. The predicted octanol–water partition coefficient (Wildman–Crippen LogP) is 4.04. The van der Waals surface area contributed by atoms with Gasteiger partial charge in [-0.1, -0.05) is 18.2 Å². The van der Waals surface area contributed by atoms with Gasteiger partial charge in [0.2, 0.25) is 0 Å². The number of aromatic amines is 1. The molecule has 0 fully saturated rings. The minimum Gasteiger partial charge on any atom is -0.451 e. The third-order valence-corrected chi connectivity index (χ3v) is 4.93. The minimum absolute atomic E-state index is 0.248. The molecule has 0 saturated carbocycles. The molecule has 3 aromatic rings. The maximum absolute atomic E-state index is 13.2. The van der Waals surface area contributed by atoms with E-state index in [0.29, 0.717) is 4.47 Å². The molecule has 1 unspecified atom stereocenters. The first-order valence-electron chi connectivity index (χ1n) is 7.62. The number of carbonyl (C=O) groups excluding carboxylic acids is 2. The normalized spacial score (nSPS) is 11.8. The highest BCUT2D eigenvalue weighted by molar-refractivity contribution is 9.10. The zero-order chi connectivity index (χ0) is 18.5. The fourth-order valence-electron chi connectivity index (χ4n) is 2.33. The van der Waals surface area contributed by atoms with Crippen molar-refractivity contribution in [2.45, 2.75) is 6.04 Å². The summed E-state index contributed by atoms with van der Waals surface area (Å²) in [7, 11) is 0. The third kappa shape index (κ3) is 4.59. The first-order valence-corrected chi connectivity index (χ1v) is 9.29. The molecule has 5 nitrogen and oxygen atoms in total. The van der Waals surface area contributed by atoms with Gasteiger partial charge in [-0.05, 0) is 51.1 Å². The first kappa shape index (κ1) is 18.3. The summed E-state index contributed by atoms with van der Waals surface area (Å²) in [5.41, 5.74) is 0.986. The van der Waals surface area contributed by atoms with Crippen molar-refractivity contribution in [3.05, 3.63) is 80.5 Å². The zero-order valence-electron chi connectivity index (χ0n) is 13.4. The molecule has 8 heteroatoms. The molecule has 0 aliphatic heterocycles. The minimum atomic E-state index is -0.625. The lowest BCUT2D eigenvalue weighted by Crippen LogP contribution is -2.32. The van der Waals surface area contributed by atoms with Gasteiger partial charge in [-0.3, -0.25) is 4.79 Å². The fraction of sp³-hybridized carbons (Fsp3) is 0.111. The van der Waals surface area contributed by atoms with E-state index in [0.717, 1.165) is 10.4 Å². The number of hydrogen-bond donors (Lipinski definition) is 2. The van der Waals surface area contributed by atoms with Crippen molar-refractivity contribution >= 4 is 39.1 Å². The van der Waals surface area contributed by atoms with E-state index in [9.17, 15) is 14.0 Å². The Kier molecular flexibility index (Phi) is 5.85. The highest BCUT2D eigenvalue weighted by atomic mass is 79.9. The van der Waals surface area contributed by atoms with E-state index in [-0.39, 0.29) is 11.5 Å². The van der Waals surface area contributed by atoms with Crippen LogP contribution in [-0.4, -0.2) is 23.5 Å². The van der Waals surface area contributed by atoms with Crippen LogP contribution < -0.4 is 5.32 Å². The average Bonchev–Trinajstić information content (AvgIpc) is 3.30. The molecule has 0 bridgehead atoms. The van der Waals surface area contributed by atoms with Crippen molar-refractivity contribution in [1.82, 2.24) is 10.3 Å². The van der Waals surface area contributed by atoms with Crippen molar-refractivity contribution in [3.8, 4) is 0 Å². The number of aromatic nitrogens is 1. The molecule has 1 aromatic carbocycles. The predicted molar refractivity (Wildman–Crippen MR) is 99.5 cm³/mol. The van der Waals surface area contributed by atoms with Crippen LogP contribution in [0.2, 0.25) is 0 Å². The Morgan fingerprint density at radius 3 is 2.65 bits per heavy atom. The smallest absolute Gasteiger partial charge is 0.355 e. The lowest BCUT2D eigenvalue weighted by atomic mass is 10.1. The first-order chi connectivity index (χ1) is 12.5. The summed E-state index contributed by atoms with van der Waals surface area (Å²) < 4.78 is 18.9. The Balaban J connectivity index is 1.66. The zero-order valence-corrected chi connectivity index (χ0v) is 15.8. The Labute approximate surface area is 161 Å². The van der Waals surface area contributed by atoms with Crippen LogP contribution in [0.1, 0.15) is 27.0 Å². The quantitative estimate of drug-likeness (QED) is 0.572. The van der Waals surface area contributed by atoms with Crippen molar-refractivity contribution < 1.29 is 18.7 Å². The summed E-state index contributed by atoms with van der Waals surface area (Å²) in [6, 6.07) is 10.8. The summed E-state index contributed by atoms with van der Waals surface area (Å²) in [6.45, 7) is -0.418. The van der Waals surface area contributed by atoms with E-state index in [1.54, 1.807) is 24.4 Å². The molecule has 2 N–H and O–H groups in total. The van der Waals surface area contributed by atoms with Gasteiger partial charge in [0.25, 0.3) is 5.91 Å². The molecule has 0 radical (unpaired) electrons. The molecule has 134 valence electrons. The van der Waals surface area contributed by atoms with Crippen molar-refractivity contribution in [2.75, 3.05) is 6.61 Å². The van der Waals surface area contributed by atoms with Gasteiger partial charge in [0, 0.05) is 15.5 Å². The highest BCUT2D eigenvalue weighted by Crippen LogP contribution is 2.26. The van der Waals surface area contributed by atoms with Crippen molar-refractivity contribution in [3.63, 3.8) is 0 Å². The SMILES string of the molecule is O=C(COC(=O)c1cc(Br)c[nH]1)NC(c1ccc(F)cc1)c1cccs1. The number of hydrogen-bond acceptors (Lipinski definition) is 4. The van der Waals surface area contributed by atoms with Crippen LogP contribution in [0.15, 0.2) is 58.5 Å². The van der Waals surface area contributed by atoms with Gasteiger partial charge in [-0.25, -0.2) is 9.18 Å². The van der Waals surface area contributed by atoms with E-state index in [1.807, 2.05) is 17.5 Å². The molecule has 0 saturated heterocycles. The molecule has 2 heterocycles. The van der Waals surface area contributed by atoms with E-state index in [1.165, 1.54) is 23.5 Å². The number of rotatable bonds is 6. The molecule has 1 atom stereocenters. The van der Waals surface area contributed by atoms with Gasteiger partial charge in [0.1, 0.15) is 11.5 Å². The monoisotopic (exact) mass is 436 g/mol. The largest absolute Gasteiger partial charge is 0.451 e. The molecule has 1 amide bonds. The van der Waals surface area contributed by atoms with E-state index < -0.39 is 24.5 Å². The fourth-order valence-corrected chi connectivity index (χ4v) is 3.47. The van der Waals surface area contributed by atoms with Crippen LogP contribution in [0, 0.1) is 5.82 Å². The summed E-state index contributed by atoms with van der Waals surface area (Å²) in [5, 5.41) is 4.71. The Hall–Kier alpha value is -2.45. The van der Waals surface area contributed by atoms with Crippen LogP contribution in [0.3, 0.4) is 0 Å². The van der Waals surface area contributed by atoms with E-state index in [4.69, 9.17) is 4.74 Å². The number of benzene rings is 1. The summed E-state index contributed by atoms with van der Waals surface area (Å²) in [6.07, 6.45) is 1.60. The van der Waals surface area contributed by atoms with Crippen molar-refractivity contribution in [2.24, 2.45) is 0 Å². The van der Waals surface area contributed by atoms with Gasteiger partial charge in [-0.2, -0.15) is 0 Å². The Morgan fingerprint density at radius 2 is 2.04 bits per heavy atom. The number of H-pyrrole nitrogens is 1. The second-order valence-electron chi connectivity index (χ2n) is 5.38. The molecule has 0 aliphatic carbocycles. The maximum Gasteiger partial charge on any atom is 0.355 e. The third-order valence-electron chi connectivity index (χ3n) is 3.54. The average molecular weight is 437 g/mol. The number of ether oxygens (including phenoxy) is 1. The number of esters is 1.